The van der Waals surface area contributed by atoms with E-state index in [2.05, 4.69) is 22.5 Å². The number of piperidine rings is 1. The fraction of sp³-hybridized carbons (Fsp3) is 0.417. The lowest BCUT2D eigenvalue weighted by molar-refractivity contribution is -0.117. The van der Waals surface area contributed by atoms with Crippen molar-refractivity contribution in [3.8, 4) is 0 Å². The number of amides is 2. The Morgan fingerprint density at radius 2 is 1.93 bits per heavy atom. The summed E-state index contributed by atoms with van der Waals surface area (Å²) in [6.45, 7) is 8.07. The number of nitrogens with zero attached hydrogens (tertiary/aromatic N) is 1. The molecule has 0 aliphatic carbocycles. The van der Waals surface area contributed by atoms with Gasteiger partial charge >= 0.3 is 0 Å². The molecule has 0 atom stereocenters. The van der Waals surface area contributed by atoms with Gasteiger partial charge in [-0.1, -0.05) is 31.2 Å². The average molecular weight is 426 g/mol. The molecule has 6 heteroatoms. The zero-order valence-electron chi connectivity index (χ0n) is 17.8. The van der Waals surface area contributed by atoms with Crippen LogP contribution in [0.1, 0.15) is 47.0 Å². The maximum Gasteiger partial charge on any atom is 0.267 e. The van der Waals surface area contributed by atoms with Gasteiger partial charge in [0.15, 0.2) is 0 Å². The molecule has 1 saturated heterocycles. The third-order valence-electron chi connectivity index (χ3n) is 5.53. The van der Waals surface area contributed by atoms with Crippen molar-refractivity contribution in [3.05, 3.63) is 63.5 Å². The summed E-state index contributed by atoms with van der Waals surface area (Å²) in [7, 11) is 0. The van der Waals surface area contributed by atoms with Crippen LogP contribution in [0.5, 0.6) is 0 Å². The van der Waals surface area contributed by atoms with E-state index in [4.69, 9.17) is 0 Å². The molecule has 2 N–H and O–H groups in total. The number of rotatable bonds is 8. The topological polar surface area (TPSA) is 61.4 Å². The van der Waals surface area contributed by atoms with Gasteiger partial charge in [0.25, 0.3) is 11.8 Å². The molecular formula is C24H31N3O2S. The highest BCUT2D eigenvalue weighted by Crippen LogP contribution is 2.16. The Morgan fingerprint density at radius 1 is 1.17 bits per heavy atom. The van der Waals surface area contributed by atoms with Crippen LogP contribution < -0.4 is 10.6 Å². The number of thiophene rings is 1. The second kappa shape index (κ2) is 11.1. The maximum absolute atomic E-state index is 12.8. The van der Waals surface area contributed by atoms with Gasteiger partial charge in [-0.05, 0) is 80.9 Å². The van der Waals surface area contributed by atoms with E-state index >= 15 is 0 Å². The van der Waals surface area contributed by atoms with E-state index in [0.29, 0.717) is 12.1 Å². The van der Waals surface area contributed by atoms with Crippen LogP contribution in [0.15, 0.2) is 47.5 Å². The SMILES string of the molecule is Cc1ccccc1C(=O)N/C(=C\c1cccs1)C(=O)NCCCN1CCC(C)CC1. The minimum atomic E-state index is -0.270. The first kappa shape index (κ1) is 22.2. The van der Waals surface area contributed by atoms with Crippen molar-refractivity contribution < 1.29 is 9.59 Å². The summed E-state index contributed by atoms with van der Waals surface area (Å²) < 4.78 is 0. The van der Waals surface area contributed by atoms with Crippen molar-refractivity contribution in [1.29, 1.82) is 0 Å². The van der Waals surface area contributed by atoms with Crippen molar-refractivity contribution in [2.45, 2.75) is 33.1 Å². The molecule has 0 saturated carbocycles. The molecule has 1 fully saturated rings. The Labute approximate surface area is 183 Å². The average Bonchev–Trinajstić information content (AvgIpc) is 3.25. The molecule has 30 heavy (non-hydrogen) atoms. The van der Waals surface area contributed by atoms with Crippen molar-refractivity contribution in [2.24, 2.45) is 5.92 Å². The van der Waals surface area contributed by atoms with Gasteiger partial charge in [-0.2, -0.15) is 0 Å². The highest BCUT2D eigenvalue weighted by molar-refractivity contribution is 7.10. The number of hydrogen-bond acceptors (Lipinski definition) is 4. The molecule has 0 unspecified atom stereocenters. The second-order valence-electron chi connectivity index (χ2n) is 7.98. The van der Waals surface area contributed by atoms with Crippen LogP contribution in [0, 0.1) is 12.8 Å². The van der Waals surface area contributed by atoms with E-state index in [9.17, 15) is 9.59 Å². The molecular weight excluding hydrogens is 394 g/mol. The molecule has 1 aliphatic heterocycles. The van der Waals surface area contributed by atoms with Crippen LogP contribution in [0.25, 0.3) is 6.08 Å². The van der Waals surface area contributed by atoms with Gasteiger partial charge in [0.1, 0.15) is 5.70 Å². The molecule has 5 nitrogen and oxygen atoms in total. The maximum atomic E-state index is 12.8. The lowest BCUT2D eigenvalue weighted by Gasteiger charge is -2.30. The number of nitrogens with one attached hydrogen (secondary N) is 2. The largest absolute Gasteiger partial charge is 0.351 e. The summed E-state index contributed by atoms with van der Waals surface area (Å²) in [6, 6.07) is 11.2. The fourth-order valence-electron chi connectivity index (χ4n) is 3.58. The molecule has 1 aliphatic rings. The van der Waals surface area contributed by atoms with E-state index in [-0.39, 0.29) is 17.5 Å². The molecule has 2 aromatic rings. The van der Waals surface area contributed by atoms with Crippen LogP contribution in [0.3, 0.4) is 0 Å². The minimum absolute atomic E-state index is 0.252. The van der Waals surface area contributed by atoms with Crippen LogP contribution in [0.2, 0.25) is 0 Å². The summed E-state index contributed by atoms with van der Waals surface area (Å²) in [6.07, 6.45) is 5.15. The van der Waals surface area contributed by atoms with Crippen LogP contribution in [0.4, 0.5) is 0 Å². The molecule has 0 spiro atoms. The van der Waals surface area contributed by atoms with E-state index < -0.39 is 0 Å². The Kier molecular flexibility index (Phi) is 8.22. The first-order valence-electron chi connectivity index (χ1n) is 10.7. The zero-order valence-corrected chi connectivity index (χ0v) is 18.6. The number of hydrogen-bond donors (Lipinski definition) is 2. The van der Waals surface area contributed by atoms with Crippen molar-refractivity contribution in [2.75, 3.05) is 26.2 Å². The van der Waals surface area contributed by atoms with Crippen molar-refractivity contribution >= 4 is 29.2 Å². The lowest BCUT2D eigenvalue weighted by atomic mass is 9.99. The highest BCUT2D eigenvalue weighted by Gasteiger charge is 2.17. The summed E-state index contributed by atoms with van der Waals surface area (Å²) in [4.78, 5) is 28.9. The van der Waals surface area contributed by atoms with Crippen molar-refractivity contribution in [1.82, 2.24) is 15.5 Å². The molecule has 0 radical (unpaired) electrons. The number of likely N-dealkylation sites (tertiary alicyclic amines) is 1. The predicted octanol–water partition coefficient (Wildman–Crippen LogP) is 4.07. The number of benzene rings is 1. The first-order valence-corrected chi connectivity index (χ1v) is 11.5. The number of aryl methyl sites for hydroxylation is 1. The predicted molar refractivity (Wildman–Crippen MR) is 123 cm³/mol. The fourth-order valence-corrected chi connectivity index (χ4v) is 4.23. The molecule has 3 rings (SSSR count). The van der Waals surface area contributed by atoms with E-state index in [1.807, 2.05) is 42.6 Å². The van der Waals surface area contributed by atoms with E-state index in [1.54, 1.807) is 12.1 Å². The first-order chi connectivity index (χ1) is 14.5. The van der Waals surface area contributed by atoms with Crippen molar-refractivity contribution in [3.63, 3.8) is 0 Å². The molecule has 0 bridgehead atoms. The summed E-state index contributed by atoms with van der Waals surface area (Å²) >= 11 is 1.53. The Hall–Kier alpha value is -2.44. The Balaban J connectivity index is 1.57. The Bertz CT molecular complexity index is 868. The van der Waals surface area contributed by atoms with Gasteiger partial charge in [0, 0.05) is 17.0 Å². The number of carbonyl (C=O) groups is 2. The van der Waals surface area contributed by atoms with E-state index in [1.165, 1.54) is 24.2 Å². The summed E-state index contributed by atoms with van der Waals surface area (Å²) in [5.74, 6) is 0.300. The van der Waals surface area contributed by atoms with E-state index in [0.717, 1.165) is 42.4 Å². The normalized spacial score (nSPS) is 15.7. The smallest absolute Gasteiger partial charge is 0.267 e. The van der Waals surface area contributed by atoms with Crippen LogP contribution >= 0.6 is 11.3 Å². The Morgan fingerprint density at radius 3 is 2.63 bits per heavy atom. The van der Waals surface area contributed by atoms with Gasteiger partial charge in [-0.15, -0.1) is 11.3 Å². The van der Waals surface area contributed by atoms with Crippen LogP contribution in [-0.2, 0) is 4.79 Å². The van der Waals surface area contributed by atoms with Gasteiger partial charge in [-0.25, -0.2) is 0 Å². The quantitative estimate of drug-likeness (QED) is 0.495. The number of carbonyl (C=O) groups excluding carboxylic acids is 2. The van der Waals surface area contributed by atoms with Gasteiger partial charge < -0.3 is 15.5 Å². The molecule has 2 heterocycles. The highest BCUT2D eigenvalue weighted by atomic mass is 32.1. The van der Waals surface area contributed by atoms with Gasteiger partial charge in [0.05, 0.1) is 0 Å². The summed E-state index contributed by atoms with van der Waals surface area (Å²) in [5.41, 5.74) is 1.72. The molecule has 160 valence electrons. The zero-order chi connectivity index (χ0) is 21.3. The second-order valence-corrected chi connectivity index (χ2v) is 8.96. The minimum Gasteiger partial charge on any atom is -0.351 e. The molecule has 1 aromatic heterocycles. The molecule has 2 amide bonds. The summed E-state index contributed by atoms with van der Waals surface area (Å²) in [5, 5.41) is 7.73. The third kappa shape index (κ3) is 6.54. The molecule has 1 aromatic carbocycles. The monoisotopic (exact) mass is 425 g/mol. The lowest BCUT2D eigenvalue weighted by Crippen LogP contribution is -2.38. The van der Waals surface area contributed by atoms with Gasteiger partial charge in [-0.3, -0.25) is 9.59 Å². The third-order valence-corrected chi connectivity index (χ3v) is 6.34. The standard InChI is InChI=1S/C24H31N3O2S/c1-18-10-14-27(15-11-18)13-6-12-25-24(29)22(17-20-8-5-16-30-20)26-23(28)21-9-4-3-7-19(21)2/h3-5,7-9,16-18H,6,10-15H2,1-2H3,(H,25,29)(H,26,28)/b22-17-. The van der Waals surface area contributed by atoms with Crippen LogP contribution in [-0.4, -0.2) is 42.9 Å². The van der Waals surface area contributed by atoms with Gasteiger partial charge in [0.2, 0.25) is 0 Å².